The summed E-state index contributed by atoms with van der Waals surface area (Å²) in [6, 6.07) is 13.5. The number of phenols is 1. The van der Waals surface area contributed by atoms with Crippen molar-refractivity contribution in [2.24, 2.45) is 0 Å². The summed E-state index contributed by atoms with van der Waals surface area (Å²) in [6.45, 7) is 3.30. The van der Waals surface area contributed by atoms with Gasteiger partial charge < -0.3 is 10.0 Å². The second-order valence-corrected chi connectivity index (χ2v) is 5.56. The molecule has 1 N–H and O–H groups in total. The van der Waals surface area contributed by atoms with E-state index in [1.54, 1.807) is 18.2 Å². The van der Waals surface area contributed by atoms with Gasteiger partial charge in [-0.1, -0.05) is 24.3 Å². The van der Waals surface area contributed by atoms with Crippen LogP contribution in [0.2, 0.25) is 0 Å². The Bertz CT molecular complexity index is 652. The zero-order valence-electron chi connectivity index (χ0n) is 12.2. The molecule has 0 aromatic heterocycles. The molecule has 3 heteroatoms. The Labute approximate surface area is 124 Å². The predicted molar refractivity (Wildman–Crippen MR) is 82.6 cm³/mol. The highest BCUT2D eigenvalue weighted by atomic mass is 16.3. The number of aromatic hydroxyl groups is 1. The van der Waals surface area contributed by atoms with E-state index >= 15 is 0 Å². The molecule has 1 amide bonds. The molecule has 3 nitrogen and oxygen atoms in total. The maximum absolute atomic E-state index is 12.6. The highest BCUT2D eigenvalue weighted by molar-refractivity contribution is 5.94. The summed E-state index contributed by atoms with van der Waals surface area (Å²) < 4.78 is 0. The first-order valence-electron chi connectivity index (χ1n) is 7.31. The van der Waals surface area contributed by atoms with Crippen molar-refractivity contribution >= 4 is 5.91 Å². The average molecular weight is 281 g/mol. The van der Waals surface area contributed by atoms with E-state index in [9.17, 15) is 9.90 Å². The van der Waals surface area contributed by atoms with Crippen molar-refractivity contribution in [3.8, 4) is 5.75 Å². The van der Waals surface area contributed by atoms with Gasteiger partial charge in [0.1, 0.15) is 5.75 Å². The fourth-order valence-electron chi connectivity index (χ4n) is 2.84. The van der Waals surface area contributed by atoms with Gasteiger partial charge in [-0.3, -0.25) is 4.79 Å². The van der Waals surface area contributed by atoms with Crippen LogP contribution in [-0.2, 0) is 12.8 Å². The van der Waals surface area contributed by atoms with E-state index in [2.05, 4.69) is 24.3 Å². The first-order valence-corrected chi connectivity index (χ1v) is 7.31. The van der Waals surface area contributed by atoms with Gasteiger partial charge >= 0.3 is 0 Å². The summed E-state index contributed by atoms with van der Waals surface area (Å²) in [5.41, 5.74) is 4.07. The van der Waals surface area contributed by atoms with Gasteiger partial charge in [-0.05, 0) is 54.7 Å². The number of phenolic OH excluding ortho intramolecular Hbond substituents is 1. The lowest BCUT2D eigenvalue weighted by Gasteiger charge is -2.20. The molecular weight excluding hydrogens is 262 g/mol. The lowest BCUT2D eigenvalue weighted by molar-refractivity contribution is 0.0763. The number of fused-ring (bicyclic) bond motifs is 1. The standard InChI is InChI=1S/C18H19NO2/c1-13-12-16(6-7-17(13)20)18(21)19-10-8-14-4-2-3-5-15(14)9-11-19/h2-7,12,20H,8-11H2,1H3. The molecule has 1 heterocycles. The number of carbonyl (C=O) groups is 1. The molecule has 0 bridgehead atoms. The molecule has 0 atom stereocenters. The number of benzene rings is 2. The SMILES string of the molecule is Cc1cc(C(=O)N2CCc3ccccc3CC2)ccc1O. The fourth-order valence-corrected chi connectivity index (χ4v) is 2.84. The third-order valence-electron chi connectivity index (χ3n) is 4.15. The van der Waals surface area contributed by atoms with E-state index in [1.165, 1.54) is 11.1 Å². The Morgan fingerprint density at radius 3 is 2.24 bits per heavy atom. The average Bonchev–Trinajstić information content (AvgIpc) is 2.72. The molecule has 2 aromatic rings. The summed E-state index contributed by atoms with van der Waals surface area (Å²) >= 11 is 0. The lowest BCUT2D eigenvalue weighted by Crippen LogP contribution is -2.33. The van der Waals surface area contributed by atoms with Gasteiger partial charge in [-0.2, -0.15) is 0 Å². The minimum absolute atomic E-state index is 0.0471. The number of amides is 1. The highest BCUT2D eigenvalue weighted by Crippen LogP contribution is 2.20. The molecule has 21 heavy (non-hydrogen) atoms. The predicted octanol–water partition coefficient (Wildman–Crippen LogP) is 2.94. The zero-order chi connectivity index (χ0) is 14.8. The molecule has 0 spiro atoms. The maximum atomic E-state index is 12.6. The minimum Gasteiger partial charge on any atom is -0.508 e. The molecule has 1 aliphatic heterocycles. The third kappa shape index (κ3) is 2.77. The summed E-state index contributed by atoms with van der Waals surface area (Å²) in [4.78, 5) is 14.5. The topological polar surface area (TPSA) is 40.5 Å². The molecule has 0 fully saturated rings. The Morgan fingerprint density at radius 1 is 1.05 bits per heavy atom. The van der Waals surface area contributed by atoms with Gasteiger partial charge in [-0.25, -0.2) is 0 Å². The normalized spacial score (nSPS) is 14.4. The van der Waals surface area contributed by atoms with Crippen LogP contribution in [0, 0.1) is 6.92 Å². The molecule has 108 valence electrons. The molecule has 0 saturated carbocycles. The largest absolute Gasteiger partial charge is 0.508 e. The van der Waals surface area contributed by atoms with Gasteiger partial charge in [0.2, 0.25) is 0 Å². The monoisotopic (exact) mass is 281 g/mol. The quantitative estimate of drug-likeness (QED) is 0.873. The molecule has 3 rings (SSSR count). The number of rotatable bonds is 1. The lowest BCUT2D eigenvalue weighted by atomic mass is 10.0. The fraction of sp³-hybridized carbons (Fsp3) is 0.278. The van der Waals surface area contributed by atoms with Gasteiger partial charge in [0, 0.05) is 18.7 Å². The van der Waals surface area contributed by atoms with Gasteiger partial charge in [0.15, 0.2) is 0 Å². The number of carbonyl (C=O) groups excluding carboxylic acids is 1. The van der Waals surface area contributed by atoms with Crippen molar-refractivity contribution in [2.45, 2.75) is 19.8 Å². The van der Waals surface area contributed by atoms with Crippen molar-refractivity contribution in [3.63, 3.8) is 0 Å². The van der Waals surface area contributed by atoms with E-state index in [0.29, 0.717) is 5.56 Å². The van der Waals surface area contributed by atoms with Crippen LogP contribution in [0.1, 0.15) is 27.0 Å². The molecular formula is C18H19NO2. The zero-order valence-corrected chi connectivity index (χ0v) is 12.2. The van der Waals surface area contributed by atoms with Crippen LogP contribution in [-0.4, -0.2) is 29.0 Å². The van der Waals surface area contributed by atoms with E-state index in [0.717, 1.165) is 31.5 Å². The Morgan fingerprint density at radius 2 is 1.67 bits per heavy atom. The second kappa shape index (κ2) is 5.60. The van der Waals surface area contributed by atoms with Crippen molar-refractivity contribution in [1.82, 2.24) is 4.90 Å². The Balaban J connectivity index is 1.79. The van der Waals surface area contributed by atoms with Crippen LogP contribution in [0.5, 0.6) is 5.75 Å². The van der Waals surface area contributed by atoms with Gasteiger partial charge in [-0.15, -0.1) is 0 Å². The van der Waals surface area contributed by atoms with Crippen molar-refractivity contribution < 1.29 is 9.90 Å². The minimum atomic E-state index is 0.0471. The molecule has 0 unspecified atom stereocenters. The van der Waals surface area contributed by atoms with E-state index in [1.807, 2.05) is 11.8 Å². The van der Waals surface area contributed by atoms with E-state index in [-0.39, 0.29) is 11.7 Å². The van der Waals surface area contributed by atoms with Crippen LogP contribution in [0.15, 0.2) is 42.5 Å². The van der Waals surface area contributed by atoms with Crippen molar-refractivity contribution in [1.29, 1.82) is 0 Å². The summed E-state index contributed by atoms with van der Waals surface area (Å²) in [5, 5.41) is 9.57. The van der Waals surface area contributed by atoms with Crippen molar-refractivity contribution in [3.05, 3.63) is 64.7 Å². The molecule has 1 aliphatic rings. The van der Waals surface area contributed by atoms with Crippen molar-refractivity contribution in [2.75, 3.05) is 13.1 Å². The van der Waals surface area contributed by atoms with Crippen LogP contribution in [0.25, 0.3) is 0 Å². The van der Waals surface area contributed by atoms with Crippen LogP contribution in [0.4, 0.5) is 0 Å². The summed E-state index contributed by atoms with van der Waals surface area (Å²) in [7, 11) is 0. The Hall–Kier alpha value is -2.29. The summed E-state index contributed by atoms with van der Waals surface area (Å²) in [5.74, 6) is 0.278. The Kier molecular flexibility index (Phi) is 3.65. The van der Waals surface area contributed by atoms with Gasteiger partial charge in [0.25, 0.3) is 5.91 Å². The number of aryl methyl sites for hydroxylation is 1. The third-order valence-corrected chi connectivity index (χ3v) is 4.15. The molecule has 0 aliphatic carbocycles. The van der Waals surface area contributed by atoms with Crippen LogP contribution < -0.4 is 0 Å². The van der Waals surface area contributed by atoms with Gasteiger partial charge in [0.05, 0.1) is 0 Å². The maximum Gasteiger partial charge on any atom is 0.253 e. The van der Waals surface area contributed by atoms with Crippen LogP contribution >= 0.6 is 0 Å². The molecule has 2 aromatic carbocycles. The number of nitrogens with zero attached hydrogens (tertiary/aromatic N) is 1. The first kappa shape index (κ1) is 13.7. The number of hydrogen-bond acceptors (Lipinski definition) is 2. The highest BCUT2D eigenvalue weighted by Gasteiger charge is 2.19. The van der Waals surface area contributed by atoms with E-state index in [4.69, 9.17) is 0 Å². The first-order chi connectivity index (χ1) is 10.1. The molecule has 0 saturated heterocycles. The van der Waals surface area contributed by atoms with Crippen LogP contribution in [0.3, 0.4) is 0 Å². The number of hydrogen-bond donors (Lipinski definition) is 1. The van der Waals surface area contributed by atoms with E-state index < -0.39 is 0 Å². The molecule has 0 radical (unpaired) electrons. The summed E-state index contributed by atoms with van der Waals surface area (Å²) in [6.07, 6.45) is 1.80. The smallest absolute Gasteiger partial charge is 0.253 e. The second-order valence-electron chi connectivity index (χ2n) is 5.56.